The molecule has 1 atom stereocenters. The molecule has 1 aromatic heterocycles. The maximum absolute atomic E-state index is 13.1. The molecule has 3 aromatic rings. The average Bonchev–Trinajstić information content (AvgIpc) is 3.32. The molecule has 0 fully saturated rings. The molecule has 4 rings (SSSR count). The molecule has 0 N–H and O–H groups in total. The Morgan fingerprint density at radius 3 is 2.52 bits per heavy atom. The van der Waals surface area contributed by atoms with Gasteiger partial charge in [-0.3, -0.25) is 4.79 Å². The second-order valence-electron chi connectivity index (χ2n) is 6.99. The van der Waals surface area contributed by atoms with Crippen LogP contribution < -0.4 is 26.3 Å². The Kier molecular flexibility index (Phi) is 6.72. The van der Waals surface area contributed by atoms with Gasteiger partial charge >= 0.3 is 0 Å². The van der Waals surface area contributed by atoms with Crippen molar-refractivity contribution < 1.29 is 31.1 Å². The Morgan fingerprint density at radius 1 is 1.14 bits per heavy atom. The third kappa shape index (κ3) is 4.09. The van der Waals surface area contributed by atoms with E-state index in [0.29, 0.717) is 15.6 Å². The first-order valence-electron chi connectivity index (χ1n) is 9.27. The van der Waals surface area contributed by atoms with E-state index in [-0.39, 0.29) is 28.8 Å². The summed E-state index contributed by atoms with van der Waals surface area (Å²) in [6.07, 6.45) is 4.07. The van der Waals surface area contributed by atoms with Gasteiger partial charge in [-0.25, -0.2) is 9.13 Å². The second kappa shape index (κ2) is 8.90. The molecule has 0 bridgehead atoms. The fraction of sp³-hybridized carbons (Fsp3) is 0.273. The van der Waals surface area contributed by atoms with Gasteiger partial charge in [0.15, 0.2) is 11.7 Å². The lowest BCUT2D eigenvalue weighted by Gasteiger charge is -2.09. The summed E-state index contributed by atoms with van der Waals surface area (Å²) in [5, 5.41) is 1.07. The Balaban J connectivity index is 0.00000240. The van der Waals surface area contributed by atoms with Gasteiger partial charge in [-0.05, 0) is 55.8 Å². The highest BCUT2D eigenvalue weighted by atomic mass is 79.9. The zero-order valence-corrected chi connectivity index (χ0v) is 19.3. The van der Waals surface area contributed by atoms with Gasteiger partial charge in [-0.15, -0.1) is 0 Å². The lowest BCUT2D eigenvalue weighted by atomic mass is 10.0. The predicted octanol–water partition coefficient (Wildman–Crippen LogP) is 2.15. The second-order valence-corrected chi connectivity index (χ2v) is 7.81. The van der Waals surface area contributed by atoms with Gasteiger partial charge < -0.3 is 21.7 Å². The number of Topliss-reactive ketones (excluding diaryl/α,β-unsaturated/α-hetero) is 1. The van der Waals surface area contributed by atoms with E-state index in [9.17, 15) is 4.79 Å². The van der Waals surface area contributed by atoms with E-state index < -0.39 is 0 Å². The molecule has 0 saturated carbocycles. The Morgan fingerprint density at radius 2 is 1.86 bits per heavy atom. The molecular weight excluding hydrogens is 475 g/mol. The largest absolute Gasteiger partial charge is 1.00 e. The van der Waals surface area contributed by atoms with Crippen LogP contribution in [0.3, 0.4) is 0 Å². The van der Waals surface area contributed by atoms with Crippen LogP contribution in [0, 0.1) is 0 Å². The van der Waals surface area contributed by atoms with Crippen LogP contribution in [0.15, 0.2) is 48.7 Å². The molecular formula is C22H21BrCl2N2O2. The standard InChI is InChI=1S/C22H21Cl2N2O2.BrH/c1-14(22(27)15-5-8-17(28-2)9-6-15)26-13-20(25-11-3-4-21(25)26)16-7-10-18(23)19(24)12-16;/h5-10,12-14H,3-4,11H2,1-2H3;1H/q+1;/p-1. The summed E-state index contributed by atoms with van der Waals surface area (Å²) in [6, 6.07) is 12.6. The van der Waals surface area contributed by atoms with Gasteiger partial charge in [0.05, 0.1) is 30.1 Å². The lowest BCUT2D eigenvalue weighted by molar-refractivity contribution is -0.710. The number of ether oxygens (including phenoxy) is 1. The molecule has 0 aliphatic carbocycles. The van der Waals surface area contributed by atoms with Crippen molar-refractivity contribution in [2.45, 2.75) is 32.4 Å². The zero-order chi connectivity index (χ0) is 19.8. The van der Waals surface area contributed by atoms with Crippen molar-refractivity contribution in [3.05, 3.63) is 70.1 Å². The minimum Gasteiger partial charge on any atom is -1.00 e. The first kappa shape index (κ1) is 21.9. The molecule has 0 spiro atoms. The van der Waals surface area contributed by atoms with Crippen LogP contribution in [0.5, 0.6) is 5.75 Å². The molecule has 7 heteroatoms. The SMILES string of the molecule is COc1ccc(C(=O)C(C)[n+]2cc(-c3ccc(Cl)c(Cl)c3)n3c2CCC3)cc1.[Br-]. The summed E-state index contributed by atoms with van der Waals surface area (Å²) in [5.41, 5.74) is 2.73. The summed E-state index contributed by atoms with van der Waals surface area (Å²) in [6.45, 7) is 2.88. The van der Waals surface area contributed by atoms with Crippen molar-refractivity contribution in [3.63, 3.8) is 0 Å². The van der Waals surface area contributed by atoms with Crippen molar-refractivity contribution in [2.24, 2.45) is 0 Å². The van der Waals surface area contributed by atoms with Crippen molar-refractivity contribution in [1.82, 2.24) is 4.57 Å². The quantitative estimate of drug-likeness (QED) is 0.401. The Hall–Kier alpha value is -1.82. The molecule has 0 radical (unpaired) electrons. The van der Waals surface area contributed by atoms with Crippen LogP contribution in [0.2, 0.25) is 10.0 Å². The number of halogens is 3. The molecule has 0 amide bonds. The van der Waals surface area contributed by atoms with Gasteiger partial charge in [-0.2, -0.15) is 0 Å². The highest BCUT2D eigenvalue weighted by Crippen LogP contribution is 2.31. The third-order valence-corrected chi connectivity index (χ3v) is 6.07. The van der Waals surface area contributed by atoms with Crippen LogP contribution in [-0.4, -0.2) is 17.5 Å². The van der Waals surface area contributed by atoms with Gasteiger partial charge in [0.1, 0.15) is 11.9 Å². The summed E-state index contributed by atoms with van der Waals surface area (Å²) in [5.74, 6) is 1.98. The number of nitrogens with zero attached hydrogens (tertiary/aromatic N) is 2. The van der Waals surface area contributed by atoms with Crippen LogP contribution in [0.4, 0.5) is 0 Å². The fourth-order valence-corrected chi connectivity index (χ4v) is 4.11. The van der Waals surface area contributed by atoms with Crippen molar-refractivity contribution in [3.8, 4) is 17.0 Å². The van der Waals surface area contributed by atoms with Crippen LogP contribution in [-0.2, 0) is 13.0 Å². The molecule has 2 aromatic carbocycles. The number of imidazole rings is 1. The summed E-state index contributed by atoms with van der Waals surface area (Å²) >= 11 is 12.3. The molecule has 152 valence electrons. The molecule has 4 nitrogen and oxygen atoms in total. The van der Waals surface area contributed by atoms with Crippen LogP contribution in [0.25, 0.3) is 11.3 Å². The van der Waals surface area contributed by atoms with Gasteiger partial charge in [0.2, 0.25) is 5.78 Å². The number of carbonyl (C=O) groups is 1. The number of methoxy groups -OCH3 is 1. The molecule has 1 unspecified atom stereocenters. The minimum absolute atomic E-state index is 0. The summed E-state index contributed by atoms with van der Waals surface area (Å²) < 4.78 is 9.55. The topological polar surface area (TPSA) is 35.1 Å². The van der Waals surface area contributed by atoms with E-state index in [0.717, 1.165) is 42.2 Å². The Bertz CT molecular complexity index is 1050. The van der Waals surface area contributed by atoms with E-state index in [1.54, 1.807) is 7.11 Å². The number of carbonyl (C=O) groups excluding carboxylic acids is 1. The number of benzene rings is 2. The normalized spacial score (nSPS) is 13.5. The van der Waals surface area contributed by atoms with Crippen LogP contribution >= 0.6 is 23.2 Å². The molecule has 1 aliphatic rings. The maximum atomic E-state index is 13.1. The van der Waals surface area contributed by atoms with E-state index in [1.165, 1.54) is 0 Å². The maximum Gasteiger partial charge on any atom is 0.257 e. The van der Waals surface area contributed by atoms with E-state index >= 15 is 0 Å². The highest BCUT2D eigenvalue weighted by Gasteiger charge is 2.33. The fourth-order valence-electron chi connectivity index (χ4n) is 3.81. The highest BCUT2D eigenvalue weighted by molar-refractivity contribution is 6.42. The number of ketones is 1. The first-order chi connectivity index (χ1) is 13.5. The monoisotopic (exact) mass is 494 g/mol. The van der Waals surface area contributed by atoms with Crippen molar-refractivity contribution >= 4 is 29.0 Å². The predicted molar refractivity (Wildman–Crippen MR) is 110 cm³/mol. The molecule has 2 heterocycles. The van der Waals surface area contributed by atoms with Crippen molar-refractivity contribution in [1.29, 1.82) is 0 Å². The number of hydrogen-bond donors (Lipinski definition) is 0. The van der Waals surface area contributed by atoms with Gasteiger partial charge in [0.25, 0.3) is 5.82 Å². The minimum atomic E-state index is -0.302. The van der Waals surface area contributed by atoms with E-state index in [4.69, 9.17) is 27.9 Å². The lowest BCUT2D eigenvalue weighted by Crippen LogP contribution is -3.00. The first-order valence-corrected chi connectivity index (χ1v) is 10.0. The zero-order valence-electron chi connectivity index (χ0n) is 16.2. The van der Waals surface area contributed by atoms with Gasteiger partial charge in [0, 0.05) is 11.1 Å². The van der Waals surface area contributed by atoms with E-state index in [1.807, 2.05) is 49.4 Å². The summed E-state index contributed by atoms with van der Waals surface area (Å²) in [7, 11) is 1.62. The summed E-state index contributed by atoms with van der Waals surface area (Å²) in [4.78, 5) is 13.1. The third-order valence-electron chi connectivity index (χ3n) is 5.33. The smallest absolute Gasteiger partial charge is 0.257 e. The van der Waals surface area contributed by atoms with Gasteiger partial charge in [-0.1, -0.05) is 23.2 Å². The number of fused-ring (bicyclic) bond motifs is 1. The number of rotatable bonds is 5. The molecule has 0 saturated heterocycles. The van der Waals surface area contributed by atoms with E-state index in [2.05, 4.69) is 15.3 Å². The van der Waals surface area contributed by atoms with Crippen molar-refractivity contribution in [2.75, 3.05) is 7.11 Å². The molecule has 1 aliphatic heterocycles. The number of aromatic nitrogens is 2. The number of hydrogen-bond acceptors (Lipinski definition) is 2. The average molecular weight is 496 g/mol. The molecule has 29 heavy (non-hydrogen) atoms. The van der Waals surface area contributed by atoms with Crippen LogP contribution in [0.1, 0.15) is 35.6 Å². The Labute approximate surface area is 190 Å².